The molecule has 4 rings (SSSR count). The number of nitriles is 1. The topological polar surface area (TPSA) is 85.6 Å². The summed E-state index contributed by atoms with van der Waals surface area (Å²) in [5, 5.41) is 9.04. The average molecular weight is 363 g/mol. The number of piperidine rings is 1. The van der Waals surface area contributed by atoms with E-state index >= 15 is 0 Å². The van der Waals surface area contributed by atoms with Gasteiger partial charge in [0.1, 0.15) is 11.9 Å². The number of rotatable bonds is 3. The number of carbonyl (C=O) groups excluding carboxylic acids is 1. The number of halogens is 1. The number of urea groups is 1. The molecule has 1 atom stereocenters. The van der Waals surface area contributed by atoms with E-state index in [1.54, 1.807) is 6.20 Å². The van der Waals surface area contributed by atoms with Gasteiger partial charge in [0.25, 0.3) is 0 Å². The summed E-state index contributed by atoms with van der Waals surface area (Å²) in [4.78, 5) is 27.1. The zero-order valence-corrected chi connectivity index (χ0v) is 14.5. The fourth-order valence-corrected chi connectivity index (χ4v) is 3.83. The Morgan fingerprint density at radius 1 is 1.24 bits per heavy atom. The molecule has 2 amide bonds. The van der Waals surface area contributed by atoms with Gasteiger partial charge in [0.2, 0.25) is 0 Å². The molecule has 132 valence electrons. The van der Waals surface area contributed by atoms with Crippen molar-refractivity contribution in [3.63, 3.8) is 0 Å². The van der Waals surface area contributed by atoms with Crippen LogP contribution in [0.1, 0.15) is 18.5 Å². The van der Waals surface area contributed by atoms with Crippen molar-refractivity contribution in [2.24, 2.45) is 0 Å². The van der Waals surface area contributed by atoms with Gasteiger partial charge in [0.15, 0.2) is 10.8 Å². The number of carbonyl (C=O) groups is 1. The molecule has 4 heterocycles. The summed E-state index contributed by atoms with van der Waals surface area (Å²) >= 11 is 6.01. The van der Waals surface area contributed by atoms with E-state index in [1.807, 2.05) is 15.9 Å². The maximum Gasteiger partial charge on any atom is 0.320 e. The highest BCUT2D eigenvalue weighted by Crippen LogP contribution is 2.26. The molecule has 3 saturated heterocycles. The van der Waals surface area contributed by atoms with Crippen LogP contribution in [0.15, 0.2) is 6.20 Å². The number of hydrogen-bond donors (Lipinski definition) is 0. The van der Waals surface area contributed by atoms with Crippen molar-refractivity contribution in [1.29, 1.82) is 5.26 Å². The summed E-state index contributed by atoms with van der Waals surface area (Å²) in [6.45, 7) is 4.37. The highest BCUT2D eigenvalue weighted by Gasteiger charge is 2.40. The molecule has 0 radical (unpaired) electrons. The Morgan fingerprint density at radius 3 is 2.64 bits per heavy atom. The van der Waals surface area contributed by atoms with E-state index in [0.717, 1.165) is 32.5 Å². The minimum atomic E-state index is 0.115. The third-order valence-electron chi connectivity index (χ3n) is 5.12. The summed E-state index contributed by atoms with van der Waals surface area (Å²) in [5.74, 6) is 0.657. The molecule has 0 N–H and O–H groups in total. The zero-order chi connectivity index (χ0) is 17.4. The van der Waals surface area contributed by atoms with Gasteiger partial charge in [-0.05, 0) is 12.8 Å². The molecule has 25 heavy (non-hydrogen) atoms. The van der Waals surface area contributed by atoms with Gasteiger partial charge in [-0.3, -0.25) is 0 Å². The van der Waals surface area contributed by atoms with Crippen LogP contribution in [0.2, 0.25) is 5.15 Å². The molecule has 9 heteroatoms. The van der Waals surface area contributed by atoms with Crippen molar-refractivity contribution in [3.05, 3.63) is 17.0 Å². The summed E-state index contributed by atoms with van der Waals surface area (Å²) in [7, 11) is 0. The number of amides is 2. The van der Waals surface area contributed by atoms with Crippen molar-refractivity contribution < 1.29 is 9.53 Å². The van der Waals surface area contributed by atoms with Crippen molar-refractivity contribution in [2.45, 2.75) is 24.9 Å². The summed E-state index contributed by atoms with van der Waals surface area (Å²) in [6, 6.07) is 2.43. The van der Waals surface area contributed by atoms with Crippen LogP contribution in [-0.2, 0) is 4.74 Å². The van der Waals surface area contributed by atoms with Crippen LogP contribution in [-0.4, -0.2) is 77.3 Å². The third-order valence-corrected chi connectivity index (χ3v) is 5.38. The van der Waals surface area contributed by atoms with Gasteiger partial charge in [0.05, 0.1) is 31.5 Å². The van der Waals surface area contributed by atoms with Crippen molar-refractivity contribution in [1.82, 2.24) is 19.8 Å². The summed E-state index contributed by atoms with van der Waals surface area (Å²) in [6.07, 6.45) is 3.53. The van der Waals surface area contributed by atoms with E-state index in [-0.39, 0.29) is 29.0 Å². The van der Waals surface area contributed by atoms with E-state index in [4.69, 9.17) is 21.6 Å². The van der Waals surface area contributed by atoms with E-state index in [2.05, 4.69) is 14.9 Å². The predicted molar refractivity (Wildman–Crippen MR) is 90.4 cm³/mol. The Morgan fingerprint density at radius 2 is 2.00 bits per heavy atom. The van der Waals surface area contributed by atoms with E-state index in [0.29, 0.717) is 25.6 Å². The molecule has 3 aliphatic rings. The van der Waals surface area contributed by atoms with Gasteiger partial charge in [0, 0.05) is 26.2 Å². The number of anilines is 1. The normalized spacial score (nSPS) is 24.4. The molecule has 0 spiro atoms. The molecular formula is C16H19ClN6O2. The Bertz CT molecular complexity index is 719. The smallest absolute Gasteiger partial charge is 0.320 e. The van der Waals surface area contributed by atoms with Crippen LogP contribution in [0.4, 0.5) is 10.6 Å². The molecule has 3 fully saturated rings. The lowest BCUT2D eigenvalue weighted by atomic mass is 10.0. The van der Waals surface area contributed by atoms with Crippen LogP contribution >= 0.6 is 11.6 Å². The van der Waals surface area contributed by atoms with Crippen LogP contribution in [0.5, 0.6) is 0 Å². The van der Waals surface area contributed by atoms with Gasteiger partial charge in [-0.1, -0.05) is 11.6 Å². The first-order valence-electron chi connectivity index (χ1n) is 8.50. The fraction of sp³-hybridized carbons (Fsp3) is 0.625. The van der Waals surface area contributed by atoms with E-state index in [9.17, 15) is 4.79 Å². The van der Waals surface area contributed by atoms with Gasteiger partial charge in [-0.25, -0.2) is 14.8 Å². The highest BCUT2D eigenvalue weighted by atomic mass is 35.5. The van der Waals surface area contributed by atoms with E-state index in [1.165, 1.54) is 0 Å². The van der Waals surface area contributed by atoms with Crippen LogP contribution < -0.4 is 4.90 Å². The number of ether oxygens (including phenoxy) is 1. The van der Waals surface area contributed by atoms with Gasteiger partial charge in [-0.15, -0.1) is 0 Å². The molecule has 8 nitrogen and oxygen atoms in total. The van der Waals surface area contributed by atoms with Crippen molar-refractivity contribution >= 4 is 23.4 Å². The molecular weight excluding hydrogens is 344 g/mol. The van der Waals surface area contributed by atoms with Crippen molar-refractivity contribution in [3.8, 4) is 6.07 Å². The minimum Gasteiger partial charge on any atom is -0.377 e. The summed E-state index contributed by atoms with van der Waals surface area (Å²) < 4.78 is 5.21. The lowest BCUT2D eigenvalue weighted by molar-refractivity contribution is -0.0444. The molecule has 0 aromatic carbocycles. The van der Waals surface area contributed by atoms with Crippen LogP contribution in [0.25, 0.3) is 0 Å². The molecule has 0 bridgehead atoms. The predicted octanol–water partition coefficient (Wildman–Crippen LogP) is 1.11. The van der Waals surface area contributed by atoms with E-state index < -0.39 is 0 Å². The number of aromatic nitrogens is 2. The molecule has 1 aromatic heterocycles. The van der Waals surface area contributed by atoms with Gasteiger partial charge < -0.3 is 19.4 Å². The molecule has 1 unspecified atom stereocenters. The zero-order valence-electron chi connectivity index (χ0n) is 13.8. The molecule has 0 aliphatic carbocycles. The third kappa shape index (κ3) is 2.98. The molecule has 1 aromatic rings. The maximum absolute atomic E-state index is 12.7. The van der Waals surface area contributed by atoms with Gasteiger partial charge >= 0.3 is 6.03 Å². The minimum absolute atomic E-state index is 0.115. The Balaban J connectivity index is 1.45. The second-order valence-corrected chi connectivity index (χ2v) is 6.94. The fourth-order valence-electron chi connectivity index (χ4n) is 3.65. The summed E-state index contributed by atoms with van der Waals surface area (Å²) in [5.41, 5.74) is 0.132. The number of nitrogens with zero attached hydrogens (tertiary/aromatic N) is 6. The SMILES string of the molecule is N#Cc1ncc(N2CCCC(N3CCN(C4COC4)C3=O)C2)nc1Cl. The Kier molecular flexibility index (Phi) is 4.36. The quantitative estimate of drug-likeness (QED) is 0.800. The first kappa shape index (κ1) is 16.4. The standard InChI is InChI=1S/C16H19ClN6O2/c17-15-13(6-18)19-7-14(20-15)21-3-1-2-11(8-21)22-4-5-23(16(22)24)12-9-25-10-12/h7,11-12H,1-5,8-10H2. The second kappa shape index (κ2) is 6.65. The van der Waals surface area contributed by atoms with Crippen molar-refractivity contribution in [2.75, 3.05) is 44.3 Å². The molecule has 0 saturated carbocycles. The average Bonchev–Trinajstić information content (AvgIpc) is 2.95. The highest BCUT2D eigenvalue weighted by molar-refractivity contribution is 6.30. The van der Waals surface area contributed by atoms with Gasteiger partial charge in [-0.2, -0.15) is 5.26 Å². The largest absolute Gasteiger partial charge is 0.377 e. The monoisotopic (exact) mass is 362 g/mol. The Labute approximate surface area is 150 Å². The molecule has 3 aliphatic heterocycles. The lowest BCUT2D eigenvalue weighted by Gasteiger charge is -2.39. The van der Waals surface area contributed by atoms with Crippen LogP contribution in [0.3, 0.4) is 0 Å². The second-order valence-electron chi connectivity index (χ2n) is 6.58. The first-order valence-corrected chi connectivity index (χ1v) is 8.87. The Hall–Kier alpha value is -2.11. The maximum atomic E-state index is 12.7. The number of hydrogen-bond acceptors (Lipinski definition) is 6. The lowest BCUT2D eigenvalue weighted by Crippen LogP contribution is -2.53. The first-order chi connectivity index (χ1) is 12.2. The van der Waals surface area contributed by atoms with Crippen LogP contribution in [0, 0.1) is 11.3 Å².